The van der Waals surface area contributed by atoms with E-state index in [1.54, 1.807) is 35.0 Å². The molecule has 4 N–H and O–H groups in total. The predicted octanol–water partition coefficient (Wildman–Crippen LogP) is 2.58. The van der Waals surface area contributed by atoms with Crippen molar-refractivity contribution in [3.8, 4) is 17.0 Å². The first kappa shape index (κ1) is 23.2. The molecule has 10 nitrogen and oxygen atoms in total. The Kier molecular flexibility index (Phi) is 5.45. The Labute approximate surface area is 211 Å². The number of carbonyl (C=O) groups excluding carboxylic acids is 1. The van der Waals surface area contributed by atoms with Crippen LogP contribution in [0.2, 0.25) is 0 Å². The molecule has 190 valence electrons. The molecule has 2 aliphatic heterocycles. The second-order valence-electron chi connectivity index (χ2n) is 9.56. The van der Waals surface area contributed by atoms with Crippen LogP contribution < -0.4 is 15.8 Å². The number of hydrogen-bond donors (Lipinski definition) is 3. The van der Waals surface area contributed by atoms with Crippen molar-refractivity contribution >= 4 is 34.0 Å². The number of benzene rings is 1. The van der Waals surface area contributed by atoms with Gasteiger partial charge in [-0.15, -0.1) is 0 Å². The molecule has 4 aromatic rings. The number of aliphatic hydroxyl groups is 1. The summed E-state index contributed by atoms with van der Waals surface area (Å²) in [5.41, 5.74) is 9.60. The number of anilines is 3. The van der Waals surface area contributed by atoms with Gasteiger partial charge in [0.25, 0.3) is 0 Å². The number of halogens is 1. The van der Waals surface area contributed by atoms with Crippen LogP contribution in [0.4, 0.5) is 21.7 Å². The van der Waals surface area contributed by atoms with Gasteiger partial charge in [-0.1, -0.05) is 0 Å². The molecule has 0 saturated carbocycles. The smallest absolute Gasteiger partial charge is 0.244 e. The van der Waals surface area contributed by atoms with E-state index in [0.29, 0.717) is 58.8 Å². The lowest BCUT2D eigenvalue weighted by atomic mass is 9.93. The summed E-state index contributed by atoms with van der Waals surface area (Å²) in [6.45, 7) is 2.87. The monoisotopic (exact) mass is 503 g/mol. The average Bonchev–Trinajstić information content (AvgIpc) is 3.20. The lowest BCUT2D eigenvalue weighted by Crippen LogP contribution is -2.29. The number of ether oxygens (including phenoxy) is 1. The summed E-state index contributed by atoms with van der Waals surface area (Å²) in [5, 5.41) is 18.9. The molecule has 1 amide bonds. The Hall–Kier alpha value is -4.25. The Morgan fingerprint density at radius 2 is 2.03 bits per heavy atom. The molecule has 5 heterocycles. The highest BCUT2D eigenvalue weighted by Gasteiger charge is 2.25. The van der Waals surface area contributed by atoms with Crippen molar-refractivity contribution in [2.45, 2.75) is 32.4 Å². The fourth-order valence-corrected chi connectivity index (χ4v) is 4.93. The second-order valence-corrected chi connectivity index (χ2v) is 9.56. The number of aliphatic hydroxyl groups excluding tert-OH is 1. The van der Waals surface area contributed by atoms with Crippen LogP contribution in [0.5, 0.6) is 5.88 Å². The quantitative estimate of drug-likeness (QED) is 0.364. The summed E-state index contributed by atoms with van der Waals surface area (Å²) in [5.74, 6) is 1.00. The number of nitrogen functional groups attached to an aromatic ring is 1. The van der Waals surface area contributed by atoms with E-state index in [-0.39, 0.29) is 24.7 Å². The van der Waals surface area contributed by atoms with E-state index < -0.39 is 11.9 Å². The average molecular weight is 504 g/mol. The van der Waals surface area contributed by atoms with Crippen LogP contribution in [-0.2, 0) is 24.2 Å². The van der Waals surface area contributed by atoms with E-state index in [9.17, 15) is 9.90 Å². The van der Waals surface area contributed by atoms with E-state index >= 15 is 4.39 Å². The minimum atomic E-state index is -0.633. The van der Waals surface area contributed by atoms with Gasteiger partial charge in [0.2, 0.25) is 11.8 Å². The van der Waals surface area contributed by atoms with E-state index in [2.05, 4.69) is 20.4 Å². The van der Waals surface area contributed by atoms with Gasteiger partial charge in [0, 0.05) is 72.7 Å². The molecule has 0 aliphatic carbocycles. The third kappa shape index (κ3) is 4.01. The zero-order valence-corrected chi connectivity index (χ0v) is 20.5. The van der Waals surface area contributed by atoms with Gasteiger partial charge in [-0.05, 0) is 30.0 Å². The van der Waals surface area contributed by atoms with Crippen LogP contribution in [0.15, 0.2) is 30.6 Å². The summed E-state index contributed by atoms with van der Waals surface area (Å²) in [4.78, 5) is 22.6. The Morgan fingerprint density at radius 3 is 2.86 bits per heavy atom. The van der Waals surface area contributed by atoms with E-state index in [4.69, 9.17) is 10.5 Å². The van der Waals surface area contributed by atoms with Crippen LogP contribution in [0.3, 0.4) is 0 Å². The minimum absolute atomic E-state index is 0.00343. The summed E-state index contributed by atoms with van der Waals surface area (Å²) in [6.07, 6.45) is 3.57. The van der Waals surface area contributed by atoms with E-state index in [1.165, 1.54) is 6.20 Å². The van der Waals surface area contributed by atoms with Crippen LogP contribution in [0.1, 0.15) is 16.8 Å². The largest absolute Gasteiger partial charge is 0.475 e. The molecule has 2 aliphatic rings. The summed E-state index contributed by atoms with van der Waals surface area (Å²) in [6, 6.07) is 5.41. The zero-order chi connectivity index (χ0) is 25.8. The molecular formula is C26H26FN7O3. The SMILES string of the molecule is Cc1c(-c2cc3cc(Nc4cc5n(n4)CC(=O)N(C)CC5)ncc3c(N)c2F)cnc2c1CC(O)CO2. The van der Waals surface area contributed by atoms with E-state index in [1.807, 2.05) is 13.0 Å². The molecule has 11 heteroatoms. The van der Waals surface area contributed by atoms with Crippen molar-refractivity contribution in [1.29, 1.82) is 0 Å². The topological polar surface area (TPSA) is 131 Å². The molecule has 0 spiro atoms. The lowest BCUT2D eigenvalue weighted by Gasteiger charge is -2.23. The number of carbonyl (C=O) groups is 1. The highest BCUT2D eigenvalue weighted by atomic mass is 19.1. The highest BCUT2D eigenvalue weighted by Crippen LogP contribution is 2.38. The predicted molar refractivity (Wildman–Crippen MR) is 136 cm³/mol. The maximum absolute atomic E-state index is 15.5. The molecule has 6 rings (SSSR count). The molecule has 0 fully saturated rings. The second kappa shape index (κ2) is 8.70. The van der Waals surface area contributed by atoms with Gasteiger partial charge in [-0.2, -0.15) is 5.10 Å². The number of likely N-dealkylation sites (N-methyl/N-ethyl adjacent to an activating group) is 1. The van der Waals surface area contributed by atoms with E-state index in [0.717, 1.165) is 16.8 Å². The fourth-order valence-electron chi connectivity index (χ4n) is 4.93. The molecule has 0 saturated heterocycles. The molecule has 1 unspecified atom stereocenters. The number of nitrogens with one attached hydrogen (secondary N) is 1. The van der Waals surface area contributed by atoms with Crippen molar-refractivity contribution in [1.82, 2.24) is 24.6 Å². The van der Waals surface area contributed by atoms with Gasteiger partial charge >= 0.3 is 0 Å². The molecule has 1 aromatic carbocycles. The zero-order valence-electron chi connectivity index (χ0n) is 20.5. The van der Waals surface area contributed by atoms with Gasteiger partial charge in [0.1, 0.15) is 19.0 Å². The summed E-state index contributed by atoms with van der Waals surface area (Å²) in [7, 11) is 1.79. The first-order valence-electron chi connectivity index (χ1n) is 12.0. The molecule has 37 heavy (non-hydrogen) atoms. The van der Waals surface area contributed by atoms with Crippen molar-refractivity contribution in [3.05, 3.63) is 53.2 Å². The van der Waals surface area contributed by atoms with Gasteiger partial charge in [0.15, 0.2) is 11.6 Å². The van der Waals surface area contributed by atoms with Crippen LogP contribution in [0.25, 0.3) is 21.9 Å². The Bertz CT molecular complexity index is 1570. The third-order valence-corrected chi connectivity index (χ3v) is 7.10. The minimum Gasteiger partial charge on any atom is -0.475 e. The molecule has 0 radical (unpaired) electrons. The van der Waals surface area contributed by atoms with Gasteiger partial charge < -0.3 is 25.8 Å². The summed E-state index contributed by atoms with van der Waals surface area (Å²) < 4.78 is 22.7. The van der Waals surface area contributed by atoms with Gasteiger partial charge in [-0.25, -0.2) is 14.4 Å². The van der Waals surface area contributed by atoms with Crippen LogP contribution >= 0.6 is 0 Å². The maximum atomic E-state index is 15.5. The number of pyridine rings is 2. The number of rotatable bonds is 3. The van der Waals surface area contributed by atoms with Crippen molar-refractivity contribution in [2.24, 2.45) is 0 Å². The number of hydrogen-bond acceptors (Lipinski definition) is 8. The lowest BCUT2D eigenvalue weighted by molar-refractivity contribution is -0.130. The number of nitrogens with two attached hydrogens (primary N) is 1. The van der Waals surface area contributed by atoms with Gasteiger partial charge in [-0.3, -0.25) is 9.48 Å². The maximum Gasteiger partial charge on any atom is 0.244 e. The first-order valence-corrected chi connectivity index (χ1v) is 12.0. The third-order valence-electron chi connectivity index (χ3n) is 7.10. The Morgan fingerprint density at radius 1 is 1.19 bits per heavy atom. The first-order chi connectivity index (χ1) is 17.8. The number of nitrogens with zero attached hydrogens (tertiary/aromatic N) is 5. The van der Waals surface area contributed by atoms with Gasteiger partial charge in [0.05, 0.1) is 11.8 Å². The van der Waals surface area contributed by atoms with Crippen molar-refractivity contribution < 1.29 is 19.0 Å². The molecular weight excluding hydrogens is 477 g/mol. The Balaban J connectivity index is 1.36. The standard InChI is InChI=1S/C26H26FN7O3/c1-13-17-8-16(35)12-37-26(17)30-9-19(13)18-5-14-6-21(29-10-20(14)25(28)24(18)27)31-22-7-15-3-4-33(2)23(36)11-34(15)32-22/h5-7,9-10,16,35H,3-4,8,11-12,28H2,1-2H3,(H,29,31,32). The number of aromatic nitrogens is 4. The normalized spacial score (nSPS) is 17.2. The van der Waals surface area contributed by atoms with Crippen molar-refractivity contribution in [3.63, 3.8) is 0 Å². The van der Waals surface area contributed by atoms with Crippen molar-refractivity contribution in [2.75, 3.05) is 31.2 Å². The molecule has 0 bridgehead atoms. The fraction of sp³-hybridized carbons (Fsp3) is 0.308. The highest BCUT2D eigenvalue weighted by molar-refractivity contribution is 5.98. The molecule has 3 aromatic heterocycles. The number of amides is 1. The van der Waals surface area contributed by atoms with Crippen LogP contribution in [0, 0.1) is 12.7 Å². The number of fused-ring (bicyclic) bond motifs is 3. The summed E-state index contributed by atoms with van der Waals surface area (Å²) >= 11 is 0. The van der Waals surface area contributed by atoms with Crippen LogP contribution in [-0.4, -0.2) is 62.0 Å². The molecule has 1 atom stereocenters.